The monoisotopic (exact) mass is 250 g/mol. The number of hydrogen-bond donors (Lipinski definition) is 0. The van der Waals surface area contributed by atoms with Gasteiger partial charge in [0.05, 0.1) is 15.9 Å². The van der Waals surface area contributed by atoms with Crippen LogP contribution in [-0.2, 0) is 14.6 Å². The van der Waals surface area contributed by atoms with Crippen molar-refractivity contribution >= 4 is 9.84 Å². The molecule has 1 aromatic carbocycles. The summed E-state index contributed by atoms with van der Waals surface area (Å²) in [4.78, 5) is 0.807. The lowest BCUT2D eigenvalue weighted by Crippen LogP contribution is -2.18. The number of allylic oxidation sites excluding steroid dienone is 1. The number of epoxide rings is 1. The highest BCUT2D eigenvalue weighted by atomic mass is 32.2. The molecule has 3 nitrogen and oxygen atoms in total. The van der Waals surface area contributed by atoms with Crippen LogP contribution >= 0.6 is 0 Å². The maximum atomic E-state index is 12.4. The van der Waals surface area contributed by atoms with E-state index in [0.29, 0.717) is 15.7 Å². The van der Waals surface area contributed by atoms with Crippen molar-refractivity contribution in [3.05, 3.63) is 41.3 Å². The van der Waals surface area contributed by atoms with Gasteiger partial charge in [-0.2, -0.15) is 0 Å². The molecule has 90 valence electrons. The van der Waals surface area contributed by atoms with Gasteiger partial charge in [0.1, 0.15) is 6.10 Å². The maximum Gasteiger partial charge on any atom is 0.205 e. The average Bonchev–Trinajstić information content (AvgIpc) is 3.11. The molecule has 0 radical (unpaired) electrons. The van der Waals surface area contributed by atoms with E-state index in [1.165, 1.54) is 0 Å². The molecule has 0 unspecified atom stereocenters. The lowest BCUT2D eigenvalue weighted by Gasteiger charge is -2.14. The molecule has 0 aromatic heterocycles. The molecule has 1 heterocycles. The lowest BCUT2D eigenvalue weighted by atomic mass is 9.96. The van der Waals surface area contributed by atoms with Gasteiger partial charge in [-0.05, 0) is 24.5 Å². The Morgan fingerprint density at radius 2 is 1.94 bits per heavy atom. The molecule has 1 aromatic rings. The van der Waals surface area contributed by atoms with Crippen LogP contribution in [0, 0.1) is 5.92 Å². The molecule has 0 bridgehead atoms. The van der Waals surface area contributed by atoms with Gasteiger partial charge < -0.3 is 4.74 Å². The summed E-state index contributed by atoms with van der Waals surface area (Å²) in [7, 11) is -3.36. The standard InChI is InChI=1S/C13H14O3S/c1-9-7-8-11(13-12(9)16-13)17(14,15)10-5-3-2-4-6-10/h2-6,8-9,12-13H,7H2,1H3/t9-,12+,13-/m0/s1. The summed E-state index contributed by atoms with van der Waals surface area (Å²) in [6, 6.07) is 8.55. The Morgan fingerprint density at radius 1 is 1.24 bits per heavy atom. The van der Waals surface area contributed by atoms with E-state index in [2.05, 4.69) is 6.92 Å². The summed E-state index contributed by atoms with van der Waals surface area (Å²) in [5, 5.41) is 0. The van der Waals surface area contributed by atoms with Gasteiger partial charge in [-0.1, -0.05) is 31.2 Å². The number of hydrogen-bond acceptors (Lipinski definition) is 3. The zero-order valence-corrected chi connectivity index (χ0v) is 10.4. The second-order valence-electron chi connectivity index (χ2n) is 4.66. The fraction of sp³-hybridized carbons (Fsp3) is 0.385. The van der Waals surface area contributed by atoms with E-state index in [0.717, 1.165) is 6.42 Å². The van der Waals surface area contributed by atoms with E-state index in [4.69, 9.17) is 4.74 Å². The van der Waals surface area contributed by atoms with E-state index >= 15 is 0 Å². The maximum absolute atomic E-state index is 12.4. The minimum Gasteiger partial charge on any atom is -0.363 e. The molecule has 2 aliphatic rings. The van der Waals surface area contributed by atoms with Crippen molar-refractivity contribution in [2.75, 3.05) is 0 Å². The van der Waals surface area contributed by atoms with Crippen LogP contribution in [0.3, 0.4) is 0 Å². The predicted octanol–water partition coefficient (Wildman–Crippen LogP) is 2.15. The first-order valence-electron chi connectivity index (χ1n) is 5.76. The fourth-order valence-electron chi connectivity index (χ4n) is 2.34. The number of rotatable bonds is 2. The summed E-state index contributed by atoms with van der Waals surface area (Å²) >= 11 is 0. The van der Waals surface area contributed by atoms with Gasteiger partial charge >= 0.3 is 0 Å². The van der Waals surface area contributed by atoms with Crippen LogP contribution in [0.2, 0.25) is 0 Å². The van der Waals surface area contributed by atoms with Crippen LogP contribution in [0.5, 0.6) is 0 Å². The Hall–Kier alpha value is -1.13. The predicted molar refractivity (Wildman–Crippen MR) is 64.2 cm³/mol. The Morgan fingerprint density at radius 3 is 2.65 bits per heavy atom. The first-order chi connectivity index (χ1) is 8.10. The number of sulfone groups is 1. The van der Waals surface area contributed by atoms with Crippen molar-refractivity contribution in [2.24, 2.45) is 5.92 Å². The SMILES string of the molecule is C[C@H]1CC=C(S(=O)(=O)c2ccccc2)[C@@H]2O[C@H]12. The fourth-order valence-corrected chi connectivity index (χ4v) is 3.93. The lowest BCUT2D eigenvalue weighted by molar-refractivity contribution is 0.339. The van der Waals surface area contributed by atoms with Gasteiger partial charge in [-0.25, -0.2) is 8.42 Å². The number of benzene rings is 1. The third-order valence-electron chi connectivity index (χ3n) is 3.42. The molecule has 1 aliphatic carbocycles. The topological polar surface area (TPSA) is 46.7 Å². The van der Waals surface area contributed by atoms with Gasteiger partial charge in [-0.3, -0.25) is 0 Å². The third kappa shape index (κ3) is 1.72. The van der Waals surface area contributed by atoms with E-state index in [-0.39, 0.29) is 12.2 Å². The molecule has 3 rings (SSSR count). The molecule has 17 heavy (non-hydrogen) atoms. The van der Waals surface area contributed by atoms with E-state index in [1.54, 1.807) is 24.3 Å². The van der Waals surface area contributed by atoms with Crippen molar-refractivity contribution in [2.45, 2.75) is 30.4 Å². The van der Waals surface area contributed by atoms with E-state index < -0.39 is 9.84 Å². The Balaban J connectivity index is 2.00. The molecule has 1 aliphatic heterocycles. The Bertz CT molecular complexity index is 560. The molecule has 0 saturated carbocycles. The molecule has 4 heteroatoms. The highest BCUT2D eigenvalue weighted by Gasteiger charge is 2.51. The average molecular weight is 250 g/mol. The minimum absolute atomic E-state index is 0.105. The zero-order valence-electron chi connectivity index (χ0n) is 9.54. The van der Waals surface area contributed by atoms with Crippen molar-refractivity contribution in [3.8, 4) is 0 Å². The molecular weight excluding hydrogens is 236 g/mol. The van der Waals surface area contributed by atoms with Gasteiger partial charge in [0.15, 0.2) is 0 Å². The molecular formula is C13H14O3S. The second kappa shape index (κ2) is 3.68. The van der Waals surface area contributed by atoms with Crippen LogP contribution in [0.25, 0.3) is 0 Å². The smallest absolute Gasteiger partial charge is 0.205 e. The molecule has 0 spiro atoms. The first-order valence-corrected chi connectivity index (χ1v) is 7.24. The quantitative estimate of drug-likeness (QED) is 0.756. The van der Waals surface area contributed by atoms with Crippen LogP contribution in [0.4, 0.5) is 0 Å². The largest absolute Gasteiger partial charge is 0.363 e. The van der Waals surface area contributed by atoms with Gasteiger partial charge in [0.2, 0.25) is 9.84 Å². The Kier molecular flexibility index (Phi) is 2.38. The Labute approximate surface area is 101 Å². The summed E-state index contributed by atoms with van der Waals surface area (Å²) in [6.45, 7) is 2.09. The van der Waals surface area contributed by atoms with Crippen molar-refractivity contribution < 1.29 is 13.2 Å². The van der Waals surface area contributed by atoms with E-state index in [9.17, 15) is 8.42 Å². The van der Waals surface area contributed by atoms with Gasteiger partial charge in [0, 0.05) is 0 Å². The summed E-state index contributed by atoms with van der Waals surface area (Å²) in [5.41, 5.74) is 0. The number of fused-ring (bicyclic) bond motifs is 1. The highest BCUT2D eigenvalue weighted by Crippen LogP contribution is 2.44. The normalized spacial score (nSPS) is 31.6. The molecule has 0 N–H and O–H groups in total. The van der Waals surface area contributed by atoms with E-state index in [1.807, 2.05) is 12.1 Å². The van der Waals surface area contributed by atoms with Crippen molar-refractivity contribution in [1.29, 1.82) is 0 Å². The molecule has 1 saturated heterocycles. The molecule has 3 atom stereocenters. The third-order valence-corrected chi connectivity index (χ3v) is 5.33. The van der Waals surface area contributed by atoms with Gasteiger partial charge in [-0.15, -0.1) is 0 Å². The second-order valence-corrected chi connectivity index (χ2v) is 6.61. The molecule has 0 amide bonds. The zero-order chi connectivity index (χ0) is 12.0. The van der Waals surface area contributed by atoms with Crippen molar-refractivity contribution in [1.82, 2.24) is 0 Å². The van der Waals surface area contributed by atoms with Crippen LogP contribution < -0.4 is 0 Å². The first kappa shape index (κ1) is 11.0. The molecule has 1 fully saturated rings. The summed E-state index contributed by atoms with van der Waals surface area (Å²) in [5.74, 6) is 0.426. The van der Waals surface area contributed by atoms with Gasteiger partial charge in [0.25, 0.3) is 0 Å². The van der Waals surface area contributed by atoms with Crippen LogP contribution in [-0.4, -0.2) is 20.6 Å². The van der Waals surface area contributed by atoms with Crippen molar-refractivity contribution in [3.63, 3.8) is 0 Å². The highest BCUT2D eigenvalue weighted by molar-refractivity contribution is 7.95. The van der Waals surface area contributed by atoms with Crippen LogP contribution in [0.15, 0.2) is 46.2 Å². The summed E-state index contributed by atoms with van der Waals surface area (Å²) in [6.07, 6.45) is 2.50. The summed E-state index contributed by atoms with van der Waals surface area (Å²) < 4.78 is 30.2. The minimum atomic E-state index is -3.36. The van der Waals surface area contributed by atoms with Crippen LogP contribution in [0.1, 0.15) is 13.3 Å². The number of ether oxygens (including phenoxy) is 1.